The predicted octanol–water partition coefficient (Wildman–Crippen LogP) is 1.45. The van der Waals surface area contributed by atoms with Crippen LogP contribution >= 0.6 is 0 Å². The number of nitrogens with zero attached hydrogens (tertiary/aromatic N) is 3. The van der Waals surface area contributed by atoms with Crippen LogP contribution in [0.2, 0.25) is 0 Å². The molecule has 21 heavy (non-hydrogen) atoms. The first-order valence-electron chi connectivity index (χ1n) is 7.47. The topological polar surface area (TPSA) is 42.3 Å². The molecule has 0 aliphatic carbocycles. The number of anilines is 1. The molecule has 0 unspecified atom stereocenters. The second-order valence-electron chi connectivity index (χ2n) is 5.35. The molecule has 2 aromatic rings. The molecule has 0 atom stereocenters. The Morgan fingerprint density at radius 1 is 1.19 bits per heavy atom. The van der Waals surface area contributed by atoms with E-state index in [1.54, 1.807) is 0 Å². The number of hydrogen-bond donors (Lipinski definition) is 1. The Labute approximate surface area is 125 Å². The summed E-state index contributed by atoms with van der Waals surface area (Å²) >= 11 is 0. The van der Waals surface area contributed by atoms with Gasteiger partial charge < -0.3 is 15.0 Å². The molecule has 3 rings (SSSR count). The molecule has 0 radical (unpaired) electrons. The van der Waals surface area contributed by atoms with Gasteiger partial charge in [0.1, 0.15) is 5.75 Å². The summed E-state index contributed by atoms with van der Waals surface area (Å²) in [7, 11) is 1.93. The van der Waals surface area contributed by atoms with Crippen molar-refractivity contribution in [2.45, 2.75) is 6.42 Å². The third-order valence-corrected chi connectivity index (χ3v) is 3.74. The van der Waals surface area contributed by atoms with Crippen molar-refractivity contribution >= 4 is 5.69 Å². The number of hydrogen-bond acceptors (Lipinski definition) is 4. The van der Waals surface area contributed by atoms with Crippen LogP contribution in [-0.2, 0) is 13.5 Å². The second kappa shape index (κ2) is 6.63. The summed E-state index contributed by atoms with van der Waals surface area (Å²) in [6, 6.07) is 8.40. The Hall–Kier alpha value is -2.01. The molecule has 1 aromatic heterocycles. The molecule has 0 spiro atoms. The van der Waals surface area contributed by atoms with Gasteiger partial charge in [-0.15, -0.1) is 0 Å². The van der Waals surface area contributed by atoms with Crippen molar-refractivity contribution < 1.29 is 4.74 Å². The van der Waals surface area contributed by atoms with Gasteiger partial charge in [0, 0.05) is 51.5 Å². The molecule has 0 amide bonds. The Balaban J connectivity index is 1.49. The maximum Gasteiger partial charge on any atom is 0.119 e. The van der Waals surface area contributed by atoms with Crippen LogP contribution in [-0.4, -0.2) is 42.6 Å². The number of nitrogens with one attached hydrogen (secondary N) is 1. The molecule has 1 N–H and O–H groups in total. The van der Waals surface area contributed by atoms with E-state index in [1.165, 1.54) is 11.3 Å². The van der Waals surface area contributed by atoms with Crippen LogP contribution in [0.4, 0.5) is 5.69 Å². The maximum absolute atomic E-state index is 5.79. The minimum Gasteiger partial charge on any atom is -0.493 e. The average molecular weight is 286 g/mol. The average Bonchev–Trinajstić information content (AvgIpc) is 2.94. The molecule has 2 heterocycles. The lowest BCUT2D eigenvalue weighted by Crippen LogP contribution is -2.43. The molecule has 0 bridgehead atoms. The standard InChI is InChI=1S/C16H22N4O/c1-19-13-14(12-18-19)6-11-21-16-4-2-15(3-5-16)20-9-7-17-8-10-20/h2-5,12-13,17H,6-11H2,1H3. The van der Waals surface area contributed by atoms with E-state index in [2.05, 4.69) is 39.6 Å². The molecule has 5 heteroatoms. The van der Waals surface area contributed by atoms with E-state index < -0.39 is 0 Å². The molecular weight excluding hydrogens is 264 g/mol. The minimum atomic E-state index is 0.679. The largest absolute Gasteiger partial charge is 0.493 e. The van der Waals surface area contributed by atoms with Crippen LogP contribution in [0.5, 0.6) is 5.75 Å². The highest BCUT2D eigenvalue weighted by Gasteiger charge is 2.09. The zero-order valence-corrected chi connectivity index (χ0v) is 12.5. The SMILES string of the molecule is Cn1cc(CCOc2ccc(N3CCNCC3)cc2)cn1. The van der Waals surface area contributed by atoms with E-state index in [-0.39, 0.29) is 0 Å². The zero-order chi connectivity index (χ0) is 14.5. The van der Waals surface area contributed by atoms with E-state index in [0.717, 1.165) is 38.3 Å². The number of benzene rings is 1. The van der Waals surface area contributed by atoms with Gasteiger partial charge in [-0.3, -0.25) is 4.68 Å². The van der Waals surface area contributed by atoms with Gasteiger partial charge in [0.25, 0.3) is 0 Å². The van der Waals surface area contributed by atoms with E-state index in [0.29, 0.717) is 6.61 Å². The van der Waals surface area contributed by atoms with Gasteiger partial charge >= 0.3 is 0 Å². The molecule has 1 aromatic carbocycles. The van der Waals surface area contributed by atoms with Gasteiger partial charge in [-0.25, -0.2) is 0 Å². The van der Waals surface area contributed by atoms with E-state index in [4.69, 9.17) is 4.74 Å². The number of aromatic nitrogens is 2. The maximum atomic E-state index is 5.79. The Kier molecular flexibility index (Phi) is 4.40. The summed E-state index contributed by atoms with van der Waals surface area (Å²) in [5.74, 6) is 0.928. The quantitative estimate of drug-likeness (QED) is 0.903. The van der Waals surface area contributed by atoms with Crippen LogP contribution in [0.25, 0.3) is 0 Å². The summed E-state index contributed by atoms with van der Waals surface area (Å²) in [6.07, 6.45) is 4.79. The van der Waals surface area contributed by atoms with Crippen molar-refractivity contribution in [1.29, 1.82) is 0 Å². The van der Waals surface area contributed by atoms with Crippen molar-refractivity contribution in [3.63, 3.8) is 0 Å². The molecule has 112 valence electrons. The van der Waals surface area contributed by atoms with Crippen LogP contribution < -0.4 is 15.0 Å². The fourth-order valence-electron chi connectivity index (χ4n) is 2.56. The molecule has 1 saturated heterocycles. The number of aryl methyl sites for hydroxylation is 1. The highest BCUT2D eigenvalue weighted by atomic mass is 16.5. The zero-order valence-electron chi connectivity index (χ0n) is 12.5. The lowest BCUT2D eigenvalue weighted by molar-refractivity contribution is 0.322. The molecule has 0 saturated carbocycles. The first-order valence-corrected chi connectivity index (χ1v) is 7.47. The van der Waals surface area contributed by atoms with Gasteiger partial charge in [-0.1, -0.05) is 0 Å². The third-order valence-electron chi connectivity index (χ3n) is 3.74. The number of piperazine rings is 1. The summed E-state index contributed by atoms with van der Waals surface area (Å²) in [4.78, 5) is 2.40. The van der Waals surface area contributed by atoms with Crippen molar-refractivity contribution in [2.24, 2.45) is 7.05 Å². The summed E-state index contributed by atoms with van der Waals surface area (Å²) < 4.78 is 7.61. The van der Waals surface area contributed by atoms with Crippen LogP contribution in [0, 0.1) is 0 Å². The Bertz CT molecular complexity index is 558. The highest BCUT2D eigenvalue weighted by molar-refractivity contribution is 5.49. The van der Waals surface area contributed by atoms with E-state index in [1.807, 2.05) is 24.1 Å². The van der Waals surface area contributed by atoms with Gasteiger partial charge in [0.15, 0.2) is 0 Å². The lowest BCUT2D eigenvalue weighted by Gasteiger charge is -2.29. The van der Waals surface area contributed by atoms with Crippen LogP contribution in [0.3, 0.4) is 0 Å². The molecule has 1 fully saturated rings. The van der Waals surface area contributed by atoms with Gasteiger partial charge in [-0.2, -0.15) is 5.10 Å². The normalized spacial score (nSPS) is 15.2. The van der Waals surface area contributed by atoms with E-state index in [9.17, 15) is 0 Å². The fraction of sp³-hybridized carbons (Fsp3) is 0.438. The van der Waals surface area contributed by atoms with Gasteiger partial charge in [0.2, 0.25) is 0 Å². The van der Waals surface area contributed by atoms with Crippen molar-refractivity contribution in [3.05, 3.63) is 42.2 Å². The van der Waals surface area contributed by atoms with Crippen molar-refractivity contribution in [3.8, 4) is 5.75 Å². The van der Waals surface area contributed by atoms with Crippen molar-refractivity contribution in [2.75, 3.05) is 37.7 Å². The van der Waals surface area contributed by atoms with Crippen LogP contribution in [0.15, 0.2) is 36.7 Å². The smallest absolute Gasteiger partial charge is 0.119 e. The highest BCUT2D eigenvalue weighted by Crippen LogP contribution is 2.20. The molecule has 5 nitrogen and oxygen atoms in total. The summed E-state index contributed by atoms with van der Waals surface area (Å²) in [6.45, 7) is 4.94. The predicted molar refractivity (Wildman–Crippen MR) is 83.9 cm³/mol. The molecule has 1 aliphatic rings. The van der Waals surface area contributed by atoms with Gasteiger partial charge in [-0.05, 0) is 29.8 Å². The number of ether oxygens (including phenoxy) is 1. The Morgan fingerprint density at radius 3 is 2.62 bits per heavy atom. The minimum absolute atomic E-state index is 0.679. The second-order valence-corrected chi connectivity index (χ2v) is 5.35. The third kappa shape index (κ3) is 3.76. The summed E-state index contributed by atoms with van der Waals surface area (Å²) in [5.41, 5.74) is 2.48. The first-order chi connectivity index (χ1) is 10.3. The van der Waals surface area contributed by atoms with Crippen LogP contribution in [0.1, 0.15) is 5.56 Å². The molecular formula is C16H22N4O. The monoisotopic (exact) mass is 286 g/mol. The van der Waals surface area contributed by atoms with Gasteiger partial charge in [0.05, 0.1) is 12.8 Å². The number of rotatable bonds is 5. The molecule has 1 aliphatic heterocycles. The summed E-state index contributed by atoms with van der Waals surface area (Å²) in [5, 5.41) is 7.52. The van der Waals surface area contributed by atoms with E-state index >= 15 is 0 Å². The Morgan fingerprint density at radius 2 is 1.95 bits per heavy atom. The van der Waals surface area contributed by atoms with Crippen molar-refractivity contribution in [1.82, 2.24) is 15.1 Å². The lowest BCUT2D eigenvalue weighted by atomic mass is 10.2. The first kappa shape index (κ1) is 13.9. The fourth-order valence-corrected chi connectivity index (χ4v) is 2.56.